The summed E-state index contributed by atoms with van der Waals surface area (Å²) in [5.41, 5.74) is 2.62. The number of nitrogens with zero attached hydrogens (tertiary/aromatic N) is 7. The molecule has 3 aromatic heterocycles. The number of alkyl halides is 3. The van der Waals surface area contributed by atoms with Gasteiger partial charge in [0.1, 0.15) is 5.56 Å². The number of hydrogen-bond acceptors (Lipinski definition) is 6. The van der Waals surface area contributed by atoms with Crippen molar-refractivity contribution in [3.05, 3.63) is 35.4 Å². The summed E-state index contributed by atoms with van der Waals surface area (Å²) in [6.45, 7) is 4.46. The first-order valence-electron chi connectivity index (χ1n) is 9.34. The Labute approximate surface area is 170 Å². The molecule has 1 N–H and O–H groups in total. The van der Waals surface area contributed by atoms with Gasteiger partial charge < -0.3 is 4.90 Å². The minimum Gasteiger partial charge on any atom is -0.304 e. The molecule has 0 bridgehead atoms. The van der Waals surface area contributed by atoms with Gasteiger partial charge in [0.15, 0.2) is 11.3 Å². The number of nitrogens with one attached hydrogen (secondary N) is 1. The van der Waals surface area contributed by atoms with Gasteiger partial charge >= 0.3 is 6.18 Å². The molecular formula is C18H21F3N8O. The van der Waals surface area contributed by atoms with E-state index in [1.165, 1.54) is 4.68 Å². The van der Waals surface area contributed by atoms with Crippen LogP contribution >= 0.6 is 0 Å². The third-order valence-electron chi connectivity index (χ3n) is 5.06. The molecular weight excluding hydrogens is 401 g/mol. The Hall–Kier alpha value is -2.99. The van der Waals surface area contributed by atoms with Crippen LogP contribution in [-0.4, -0.2) is 73.4 Å². The zero-order valence-electron chi connectivity index (χ0n) is 16.7. The minimum absolute atomic E-state index is 0.0252. The van der Waals surface area contributed by atoms with Crippen LogP contribution in [0.1, 0.15) is 21.7 Å². The van der Waals surface area contributed by atoms with E-state index in [1.54, 1.807) is 25.2 Å². The first-order valence-corrected chi connectivity index (χ1v) is 9.34. The van der Waals surface area contributed by atoms with E-state index in [9.17, 15) is 18.0 Å². The average Bonchev–Trinajstić information content (AvgIpc) is 3.24. The maximum absolute atomic E-state index is 13.7. The smallest absolute Gasteiger partial charge is 0.304 e. The van der Waals surface area contributed by atoms with Crippen LogP contribution in [0.4, 0.5) is 13.2 Å². The van der Waals surface area contributed by atoms with E-state index in [2.05, 4.69) is 25.5 Å². The van der Waals surface area contributed by atoms with Crippen molar-refractivity contribution >= 4 is 11.6 Å². The lowest BCUT2D eigenvalue weighted by molar-refractivity contribution is -0.142. The van der Waals surface area contributed by atoms with Gasteiger partial charge in [0.25, 0.3) is 5.91 Å². The third kappa shape index (κ3) is 3.75. The van der Waals surface area contributed by atoms with E-state index in [-0.39, 0.29) is 16.9 Å². The fourth-order valence-electron chi connectivity index (χ4n) is 3.44. The normalized spacial score (nSPS) is 16.3. The molecule has 1 aliphatic heterocycles. The van der Waals surface area contributed by atoms with E-state index in [4.69, 9.17) is 0 Å². The first kappa shape index (κ1) is 20.3. The van der Waals surface area contributed by atoms with Crippen LogP contribution in [0.25, 0.3) is 16.9 Å². The molecule has 0 aromatic carbocycles. The van der Waals surface area contributed by atoms with Crippen molar-refractivity contribution in [1.29, 1.82) is 0 Å². The van der Waals surface area contributed by atoms with Crippen molar-refractivity contribution in [2.45, 2.75) is 13.1 Å². The highest BCUT2D eigenvalue weighted by molar-refractivity contribution is 5.99. The lowest BCUT2D eigenvalue weighted by Crippen LogP contribution is -2.52. The maximum atomic E-state index is 13.7. The molecule has 9 nitrogen and oxygen atoms in total. The van der Waals surface area contributed by atoms with Crippen molar-refractivity contribution < 1.29 is 18.0 Å². The number of rotatable bonds is 3. The second-order valence-electron chi connectivity index (χ2n) is 7.35. The van der Waals surface area contributed by atoms with Crippen LogP contribution in [0.15, 0.2) is 18.5 Å². The lowest BCUT2D eigenvalue weighted by atomic mass is 10.1. The van der Waals surface area contributed by atoms with Crippen LogP contribution in [0, 0.1) is 6.92 Å². The second-order valence-corrected chi connectivity index (χ2v) is 7.35. The molecule has 160 valence electrons. The molecule has 3 aromatic rings. The highest BCUT2D eigenvalue weighted by Gasteiger charge is 2.36. The number of likely N-dealkylation sites (N-methyl/N-ethyl adjacent to an activating group) is 1. The molecule has 1 amide bonds. The van der Waals surface area contributed by atoms with Crippen molar-refractivity contribution in [2.75, 3.05) is 33.2 Å². The summed E-state index contributed by atoms with van der Waals surface area (Å²) in [4.78, 5) is 19.3. The summed E-state index contributed by atoms with van der Waals surface area (Å²) in [6, 6.07) is 0.923. The predicted octanol–water partition coefficient (Wildman–Crippen LogP) is 1.35. The molecule has 1 saturated heterocycles. The van der Waals surface area contributed by atoms with Gasteiger partial charge in [0, 0.05) is 45.0 Å². The molecule has 0 atom stereocenters. The largest absolute Gasteiger partial charge is 0.433 e. The zero-order chi connectivity index (χ0) is 21.6. The monoisotopic (exact) mass is 422 g/mol. The van der Waals surface area contributed by atoms with E-state index in [0.29, 0.717) is 28.9 Å². The highest BCUT2D eigenvalue weighted by Crippen LogP contribution is 2.33. The molecule has 0 saturated carbocycles. The molecule has 4 heterocycles. The standard InChI is InChI=1S/C18H21F3N8O/c1-11-13(10-27(3)24-11)14-8-15(18(19,20)21)29-16(23-14)12(9-22-29)17(30)25-28-6-4-26(2)5-7-28/h8-10H,4-7H2,1-3H3,(H,25,30). The Morgan fingerprint density at radius 2 is 1.87 bits per heavy atom. The summed E-state index contributed by atoms with van der Waals surface area (Å²) in [5, 5.41) is 9.71. The summed E-state index contributed by atoms with van der Waals surface area (Å²) >= 11 is 0. The second kappa shape index (κ2) is 7.36. The Kier molecular flexibility index (Phi) is 4.98. The molecule has 1 aliphatic rings. The van der Waals surface area contributed by atoms with Crippen LogP contribution in [0.5, 0.6) is 0 Å². The third-order valence-corrected chi connectivity index (χ3v) is 5.06. The van der Waals surface area contributed by atoms with Crippen molar-refractivity contribution in [3.63, 3.8) is 0 Å². The van der Waals surface area contributed by atoms with Gasteiger partial charge in [-0.05, 0) is 20.0 Å². The number of piperazine rings is 1. The molecule has 1 fully saturated rings. The van der Waals surface area contributed by atoms with Crippen LogP contribution in [0.2, 0.25) is 0 Å². The van der Waals surface area contributed by atoms with Gasteiger partial charge in [-0.15, -0.1) is 0 Å². The molecule has 12 heteroatoms. The molecule has 4 rings (SSSR count). The number of aryl methyl sites for hydroxylation is 2. The number of fused-ring (bicyclic) bond motifs is 1. The van der Waals surface area contributed by atoms with Gasteiger partial charge in [-0.1, -0.05) is 0 Å². The molecule has 0 unspecified atom stereocenters. The number of amides is 1. The number of hydrazine groups is 1. The van der Waals surface area contributed by atoms with Crippen molar-refractivity contribution in [1.82, 2.24) is 39.7 Å². The fraction of sp³-hybridized carbons (Fsp3) is 0.444. The Morgan fingerprint density at radius 1 is 1.17 bits per heavy atom. The predicted molar refractivity (Wildman–Crippen MR) is 101 cm³/mol. The molecule has 0 spiro atoms. The number of carbonyl (C=O) groups is 1. The average molecular weight is 422 g/mol. The Bertz CT molecular complexity index is 1090. The summed E-state index contributed by atoms with van der Waals surface area (Å²) in [7, 11) is 3.66. The molecule has 0 radical (unpaired) electrons. The summed E-state index contributed by atoms with van der Waals surface area (Å²) in [5.74, 6) is -0.546. The number of halogens is 3. The molecule has 0 aliphatic carbocycles. The Morgan fingerprint density at radius 3 is 2.47 bits per heavy atom. The van der Waals surface area contributed by atoms with E-state index >= 15 is 0 Å². The fourth-order valence-corrected chi connectivity index (χ4v) is 3.44. The zero-order valence-corrected chi connectivity index (χ0v) is 16.7. The van der Waals surface area contributed by atoms with Gasteiger partial charge in [-0.25, -0.2) is 14.5 Å². The van der Waals surface area contributed by atoms with Crippen LogP contribution in [0.3, 0.4) is 0 Å². The number of aromatic nitrogens is 5. The maximum Gasteiger partial charge on any atom is 0.433 e. The van der Waals surface area contributed by atoms with Gasteiger partial charge in [-0.3, -0.25) is 14.9 Å². The minimum atomic E-state index is -4.68. The Balaban J connectivity index is 1.77. The van der Waals surface area contributed by atoms with Crippen LogP contribution in [-0.2, 0) is 13.2 Å². The van der Waals surface area contributed by atoms with Gasteiger partial charge in [0.2, 0.25) is 0 Å². The lowest BCUT2D eigenvalue weighted by Gasteiger charge is -2.32. The summed E-state index contributed by atoms with van der Waals surface area (Å²) < 4.78 is 43.3. The quantitative estimate of drug-likeness (QED) is 0.686. The van der Waals surface area contributed by atoms with Gasteiger partial charge in [-0.2, -0.15) is 23.4 Å². The van der Waals surface area contributed by atoms with Gasteiger partial charge in [0.05, 0.1) is 17.6 Å². The van der Waals surface area contributed by atoms with Crippen molar-refractivity contribution in [3.8, 4) is 11.3 Å². The van der Waals surface area contributed by atoms with E-state index in [1.807, 2.05) is 7.05 Å². The SMILES string of the molecule is Cc1nn(C)cc1-c1cc(C(F)(F)F)n2ncc(C(=O)NN3CCN(C)CC3)c2n1. The first-order chi connectivity index (χ1) is 14.1. The number of carbonyl (C=O) groups excluding carboxylic acids is 1. The summed E-state index contributed by atoms with van der Waals surface area (Å²) in [6.07, 6.45) is -1.97. The van der Waals surface area contributed by atoms with E-state index in [0.717, 1.165) is 25.4 Å². The van der Waals surface area contributed by atoms with E-state index < -0.39 is 17.8 Å². The van der Waals surface area contributed by atoms with Crippen LogP contribution < -0.4 is 5.43 Å². The molecule has 30 heavy (non-hydrogen) atoms. The van der Waals surface area contributed by atoms with Crippen molar-refractivity contribution in [2.24, 2.45) is 7.05 Å². The highest BCUT2D eigenvalue weighted by atomic mass is 19.4. The topological polar surface area (TPSA) is 83.6 Å². The number of hydrogen-bond donors (Lipinski definition) is 1.